The molecule has 136 valence electrons. The van der Waals surface area contributed by atoms with Crippen LogP contribution in [0, 0.1) is 0 Å². The minimum atomic E-state index is -0.478. The lowest BCUT2D eigenvalue weighted by Gasteiger charge is -2.20. The molecule has 5 nitrogen and oxygen atoms in total. The van der Waals surface area contributed by atoms with E-state index in [1.54, 1.807) is 19.2 Å². The minimum absolute atomic E-state index is 0.0823. The molecule has 2 aromatic rings. The van der Waals surface area contributed by atoms with Crippen molar-refractivity contribution in [2.24, 2.45) is 15.9 Å². The van der Waals surface area contributed by atoms with E-state index in [1.165, 1.54) is 11.3 Å². The molecule has 0 spiro atoms. The fourth-order valence-corrected chi connectivity index (χ4v) is 3.81. The third kappa shape index (κ3) is 4.14. The molecule has 0 saturated carbocycles. The summed E-state index contributed by atoms with van der Waals surface area (Å²) in [6, 6.07) is 11.3. The molecule has 1 aliphatic rings. The van der Waals surface area contributed by atoms with E-state index in [2.05, 4.69) is 10.1 Å². The quantitative estimate of drug-likeness (QED) is 0.455. The van der Waals surface area contributed by atoms with E-state index in [4.69, 9.17) is 22.2 Å². The fourth-order valence-electron chi connectivity index (χ4n) is 2.80. The second-order valence-electron chi connectivity index (χ2n) is 6.47. The summed E-state index contributed by atoms with van der Waals surface area (Å²) in [5.41, 5.74) is 8.07. The Morgan fingerprint density at radius 1 is 1.35 bits per heavy atom. The molecule has 0 aliphatic carbocycles. The van der Waals surface area contributed by atoms with Gasteiger partial charge in [0.1, 0.15) is 11.4 Å². The van der Waals surface area contributed by atoms with Crippen LogP contribution in [0.5, 0.6) is 0 Å². The highest BCUT2D eigenvalue weighted by Crippen LogP contribution is 2.32. The molecule has 2 heterocycles. The van der Waals surface area contributed by atoms with Gasteiger partial charge in [0.2, 0.25) is 0 Å². The van der Waals surface area contributed by atoms with Crippen molar-refractivity contribution < 1.29 is 9.63 Å². The lowest BCUT2D eigenvalue weighted by Crippen LogP contribution is -2.25. The van der Waals surface area contributed by atoms with Crippen molar-refractivity contribution in [1.82, 2.24) is 0 Å². The highest BCUT2D eigenvalue weighted by atomic mass is 35.5. The summed E-state index contributed by atoms with van der Waals surface area (Å²) in [5.74, 6) is 0.581. The van der Waals surface area contributed by atoms with Crippen LogP contribution < -0.4 is 5.73 Å². The molecule has 1 aromatic heterocycles. The van der Waals surface area contributed by atoms with E-state index in [9.17, 15) is 4.79 Å². The molecule has 7 heteroatoms. The van der Waals surface area contributed by atoms with Crippen molar-refractivity contribution in [3.63, 3.8) is 0 Å². The van der Waals surface area contributed by atoms with E-state index in [0.717, 1.165) is 16.8 Å². The molecule has 26 heavy (non-hydrogen) atoms. The molecule has 3 rings (SSSR count). The van der Waals surface area contributed by atoms with Crippen LogP contribution in [-0.4, -0.2) is 30.0 Å². The van der Waals surface area contributed by atoms with Crippen LogP contribution in [0.25, 0.3) is 0 Å². The summed E-state index contributed by atoms with van der Waals surface area (Å²) in [5, 5.41) is 4.23. The summed E-state index contributed by atoms with van der Waals surface area (Å²) in [4.78, 5) is 22.6. The van der Waals surface area contributed by atoms with E-state index < -0.39 is 5.60 Å². The number of hydrogen-bond donors (Lipinski definition) is 1. The summed E-state index contributed by atoms with van der Waals surface area (Å²) >= 11 is 7.20. The Balaban J connectivity index is 1.60. The van der Waals surface area contributed by atoms with Gasteiger partial charge in [0, 0.05) is 25.5 Å². The molecule has 0 saturated heterocycles. The fraction of sp³-hybridized carbons (Fsp3) is 0.316. The van der Waals surface area contributed by atoms with Crippen LogP contribution in [0.4, 0.5) is 0 Å². The number of thiophene rings is 1. The highest BCUT2D eigenvalue weighted by molar-refractivity contribution is 7.18. The SMILES string of the molecule is CN=C(N)c1ccc(C2=NOC(C)(CCC(=O)c3ccc(Cl)s3)C2)cc1. The third-order valence-corrected chi connectivity index (χ3v) is 5.67. The molecule has 0 amide bonds. The van der Waals surface area contributed by atoms with Gasteiger partial charge in [-0.1, -0.05) is 41.0 Å². The molecule has 0 radical (unpaired) electrons. The van der Waals surface area contributed by atoms with Gasteiger partial charge in [-0.2, -0.15) is 0 Å². The number of nitrogens with zero attached hydrogens (tertiary/aromatic N) is 2. The van der Waals surface area contributed by atoms with Crippen LogP contribution in [0.3, 0.4) is 0 Å². The van der Waals surface area contributed by atoms with Gasteiger partial charge < -0.3 is 10.6 Å². The predicted octanol–water partition coefficient (Wildman–Crippen LogP) is 4.28. The molecule has 1 unspecified atom stereocenters. The van der Waals surface area contributed by atoms with Crippen molar-refractivity contribution in [3.05, 3.63) is 56.7 Å². The van der Waals surface area contributed by atoms with Gasteiger partial charge >= 0.3 is 0 Å². The van der Waals surface area contributed by atoms with E-state index in [1.807, 2.05) is 31.2 Å². The maximum Gasteiger partial charge on any atom is 0.172 e. The monoisotopic (exact) mass is 389 g/mol. The van der Waals surface area contributed by atoms with E-state index in [0.29, 0.717) is 34.3 Å². The van der Waals surface area contributed by atoms with E-state index in [-0.39, 0.29) is 5.78 Å². The summed E-state index contributed by atoms with van der Waals surface area (Å²) < 4.78 is 0.625. The molecule has 0 fully saturated rings. The van der Waals surface area contributed by atoms with Gasteiger partial charge in [0.15, 0.2) is 5.78 Å². The highest BCUT2D eigenvalue weighted by Gasteiger charge is 2.35. The average molecular weight is 390 g/mol. The van der Waals surface area contributed by atoms with Gasteiger partial charge in [-0.05, 0) is 31.0 Å². The van der Waals surface area contributed by atoms with Gasteiger partial charge in [-0.25, -0.2) is 0 Å². The number of benzene rings is 1. The zero-order valence-electron chi connectivity index (χ0n) is 14.7. The molecule has 0 bridgehead atoms. The Bertz CT molecular complexity index is 873. The maximum atomic E-state index is 12.3. The van der Waals surface area contributed by atoms with Crippen LogP contribution in [-0.2, 0) is 4.84 Å². The largest absolute Gasteiger partial charge is 0.389 e. The van der Waals surface area contributed by atoms with Crippen molar-refractivity contribution in [2.75, 3.05) is 7.05 Å². The van der Waals surface area contributed by atoms with Crippen LogP contribution in [0.1, 0.15) is 47.0 Å². The first-order valence-corrected chi connectivity index (χ1v) is 9.46. The Labute approximate surface area is 161 Å². The minimum Gasteiger partial charge on any atom is -0.389 e. The molecule has 1 atom stereocenters. The number of rotatable bonds is 6. The Morgan fingerprint density at radius 2 is 2.08 bits per heavy atom. The lowest BCUT2D eigenvalue weighted by atomic mass is 9.90. The Morgan fingerprint density at radius 3 is 2.69 bits per heavy atom. The first kappa shape index (κ1) is 18.6. The summed E-state index contributed by atoms with van der Waals surface area (Å²) in [6.45, 7) is 1.98. The number of hydrogen-bond acceptors (Lipinski definition) is 5. The number of halogens is 1. The number of carbonyl (C=O) groups excluding carboxylic acids is 1. The number of nitrogens with two attached hydrogens (primary N) is 1. The standard InChI is InChI=1S/C19H20ClN3O2S/c1-19(10-9-15(24)16-7-8-17(20)26-16)11-14(23-25-19)12-3-5-13(6-4-12)18(21)22-2/h3-8H,9-11H2,1-2H3,(H2,21,22). The topological polar surface area (TPSA) is 77.0 Å². The van der Waals surface area contributed by atoms with E-state index >= 15 is 0 Å². The maximum absolute atomic E-state index is 12.3. The number of oxime groups is 1. The second kappa shape index (κ2) is 7.60. The van der Waals surface area contributed by atoms with Crippen molar-refractivity contribution in [2.45, 2.75) is 31.8 Å². The zero-order chi connectivity index (χ0) is 18.7. The van der Waals surface area contributed by atoms with Gasteiger partial charge in [0.05, 0.1) is 14.9 Å². The average Bonchev–Trinajstić information content (AvgIpc) is 3.26. The Kier molecular flexibility index (Phi) is 5.44. The van der Waals surface area contributed by atoms with Crippen molar-refractivity contribution in [1.29, 1.82) is 0 Å². The normalized spacial score (nSPS) is 20.0. The van der Waals surface area contributed by atoms with Crippen molar-refractivity contribution >= 4 is 40.3 Å². The number of ketones is 1. The first-order chi connectivity index (χ1) is 12.4. The number of Topliss-reactive ketones (excluding diaryl/α,β-unsaturated/α-hetero) is 1. The third-order valence-electron chi connectivity index (χ3n) is 4.40. The van der Waals surface area contributed by atoms with Crippen LogP contribution in [0.15, 0.2) is 46.5 Å². The van der Waals surface area contributed by atoms with Crippen LogP contribution >= 0.6 is 22.9 Å². The smallest absolute Gasteiger partial charge is 0.172 e. The summed E-state index contributed by atoms with van der Waals surface area (Å²) in [6.07, 6.45) is 1.66. The molecular weight excluding hydrogens is 370 g/mol. The molecule has 1 aromatic carbocycles. The van der Waals surface area contributed by atoms with Gasteiger partial charge in [0.25, 0.3) is 0 Å². The first-order valence-electron chi connectivity index (χ1n) is 8.27. The number of amidine groups is 1. The number of carbonyl (C=O) groups is 1. The second-order valence-corrected chi connectivity index (χ2v) is 8.18. The zero-order valence-corrected chi connectivity index (χ0v) is 16.2. The van der Waals surface area contributed by atoms with Gasteiger partial charge in [-0.15, -0.1) is 11.3 Å². The molecular formula is C19H20ClN3O2S. The van der Waals surface area contributed by atoms with Gasteiger partial charge in [-0.3, -0.25) is 9.79 Å². The summed E-state index contributed by atoms with van der Waals surface area (Å²) in [7, 11) is 1.66. The number of aliphatic imine (C=N–C) groups is 1. The van der Waals surface area contributed by atoms with Crippen molar-refractivity contribution in [3.8, 4) is 0 Å². The predicted molar refractivity (Wildman–Crippen MR) is 107 cm³/mol. The molecule has 1 aliphatic heterocycles. The van der Waals surface area contributed by atoms with Crippen LogP contribution in [0.2, 0.25) is 4.34 Å². The Hall–Kier alpha value is -2.18. The lowest BCUT2D eigenvalue weighted by molar-refractivity contribution is -0.0103. The molecule has 2 N–H and O–H groups in total.